The monoisotopic (exact) mass is 584 g/mol. The lowest BCUT2D eigenvalue weighted by atomic mass is 10.1. The summed E-state index contributed by atoms with van der Waals surface area (Å²) in [6, 6.07) is 6.28. The fourth-order valence-electron chi connectivity index (χ4n) is 4.02. The third-order valence-corrected chi connectivity index (χ3v) is 6.27. The molecule has 15 nitrogen and oxygen atoms in total. The molecule has 3 rings (SSSR count). The lowest BCUT2D eigenvalue weighted by molar-refractivity contribution is -0.142. The number of carbonyl (C=O) groups excluding carboxylic acids is 2. The molecular formula is C27H36N8O7. The standard InChI is InChI=1S/C27H36N8O7/c1-29-12-4-3-5-19(25(38)39)31-21(37)11-10-20(36)30-15-17-6-8-18(9-7-17)16-35-24-22(32-27(35)40)23(28)33-26(34-24)42-14-13-41-2/h6-9,19H,1,3-5,10-16H2,2H3,(H,30,36)(H,31,37)(H,32,40)(H,38,39)(H2,28,33,34). The maximum Gasteiger partial charge on any atom is 0.328 e. The van der Waals surface area contributed by atoms with Gasteiger partial charge in [0.1, 0.15) is 18.2 Å². The number of carboxylic acids is 1. The number of nitrogens with zero attached hydrogens (tertiary/aromatic N) is 4. The van der Waals surface area contributed by atoms with E-state index in [2.05, 4.69) is 37.3 Å². The number of methoxy groups -OCH3 is 1. The van der Waals surface area contributed by atoms with Gasteiger partial charge in [-0.3, -0.25) is 14.2 Å². The van der Waals surface area contributed by atoms with E-state index < -0.39 is 23.6 Å². The van der Waals surface area contributed by atoms with Crippen molar-refractivity contribution in [3.8, 4) is 6.01 Å². The van der Waals surface area contributed by atoms with Crippen LogP contribution in [0, 0.1) is 0 Å². The van der Waals surface area contributed by atoms with Gasteiger partial charge in [-0.2, -0.15) is 9.97 Å². The molecule has 0 fully saturated rings. The maximum absolute atomic E-state index is 12.6. The molecular weight excluding hydrogens is 548 g/mol. The summed E-state index contributed by atoms with van der Waals surface area (Å²) in [5.41, 5.74) is 7.81. The zero-order valence-corrected chi connectivity index (χ0v) is 23.4. The summed E-state index contributed by atoms with van der Waals surface area (Å²) in [7, 11) is 1.54. The highest BCUT2D eigenvalue weighted by Crippen LogP contribution is 2.18. The highest BCUT2D eigenvalue weighted by atomic mass is 16.5. The van der Waals surface area contributed by atoms with Gasteiger partial charge in [0.05, 0.1) is 13.2 Å². The molecule has 0 saturated heterocycles. The van der Waals surface area contributed by atoms with Crippen molar-refractivity contribution in [1.29, 1.82) is 0 Å². The van der Waals surface area contributed by atoms with Gasteiger partial charge in [0.2, 0.25) is 11.8 Å². The van der Waals surface area contributed by atoms with E-state index in [0.29, 0.717) is 37.2 Å². The molecule has 6 N–H and O–H groups in total. The number of hydrogen-bond donors (Lipinski definition) is 5. The smallest absolute Gasteiger partial charge is 0.328 e. The Morgan fingerprint density at radius 2 is 1.83 bits per heavy atom. The van der Waals surface area contributed by atoms with Crippen LogP contribution >= 0.6 is 0 Å². The number of anilines is 1. The summed E-state index contributed by atoms with van der Waals surface area (Å²) in [6.45, 7) is 4.91. The molecule has 0 aliphatic carbocycles. The minimum atomic E-state index is -1.12. The van der Waals surface area contributed by atoms with Gasteiger partial charge in [-0.15, -0.1) is 0 Å². The summed E-state index contributed by atoms with van der Waals surface area (Å²) in [6.07, 6.45) is 1.34. The number of amides is 2. The number of hydrogen-bond acceptors (Lipinski definition) is 10. The average molecular weight is 585 g/mol. The minimum absolute atomic E-state index is 0.0343. The molecule has 2 aromatic heterocycles. The summed E-state index contributed by atoms with van der Waals surface area (Å²) < 4.78 is 11.8. The molecule has 0 bridgehead atoms. The van der Waals surface area contributed by atoms with Crippen LogP contribution in [0.4, 0.5) is 5.82 Å². The fourth-order valence-corrected chi connectivity index (χ4v) is 4.02. The first kappa shape index (κ1) is 31.7. The van der Waals surface area contributed by atoms with E-state index >= 15 is 0 Å². The molecule has 0 saturated carbocycles. The first-order valence-corrected chi connectivity index (χ1v) is 13.4. The van der Waals surface area contributed by atoms with Gasteiger partial charge in [0.15, 0.2) is 11.5 Å². The minimum Gasteiger partial charge on any atom is -0.480 e. The van der Waals surface area contributed by atoms with E-state index in [0.717, 1.165) is 11.1 Å². The zero-order chi connectivity index (χ0) is 30.5. The molecule has 0 aliphatic rings. The van der Waals surface area contributed by atoms with Crippen LogP contribution < -0.4 is 26.8 Å². The second kappa shape index (κ2) is 15.9. The first-order chi connectivity index (χ1) is 20.2. The number of nitrogens with two attached hydrogens (primary N) is 1. The number of aromatic amines is 1. The van der Waals surface area contributed by atoms with Gasteiger partial charge in [-0.05, 0) is 37.1 Å². The van der Waals surface area contributed by atoms with Crippen LogP contribution in [0.5, 0.6) is 6.01 Å². The fraction of sp³-hybridized carbons (Fsp3) is 0.444. The normalized spacial score (nSPS) is 11.6. The van der Waals surface area contributed by atoms with Crippen molar-refractivity contribution >= 4 is 41.5 Å². The van der Waals surface area contributed by atoms with Crippen LogP contribution in [0.25, 0.3) is 11.2 Å². The van der Waals surface area contributed by atoms with Gasteiger partial charge in [-0.25, -0.2) is 9.59 Å². The number of nitrogen functional groups attached to an aromatic ring is 1. The number of imidazole rings is 1. The van der Waals surface area contributed by atoms with Crippen LogP contribution in [-0.4, -0.2) is 82.0 Å². The number of aliphatic imine (C=N–C) groups is 1. The molecule has 0 spiro atoms. The number of H-pyrrole nitrogens is 1. The summed E-state index contributed by atoms with van der Waals surface area (Å²) in [5.74, 6) is -1.88. The lowest BCUT2D eigenvalue weighted by Crippen LogP contribution is -2.41. The number of benzene rings is 1. The lowest BCUT2D eigenvalue weighted by Gasteiger charge is -2.14. The van der Waals surface area contributed by atoms with Crippen molar-refractivity contribution in [2.75, 3.05) is 32.6 Å². The Balaban J connectivity index is 1.50. The Hall–Kier alpha value is -4.79. The van der Waals surface area contributed by atoms with Crippen molar-refractivity contribution in [3.63, 3.8) is 0 Å². The molecule has 1 unspecified atom stereocenters. The molecule has 1 aromatic carbocycles. The second-order valence-electron chi connectivity index (χ2n) is 9.44. The highest BCUT2D eigenvalue weighted by molar-refractivity contribution is 5.87. The Morgan fingerprint density at radius 3 is 2.52 bits per heavy atom. The van der Waals surface area contributed by atoms with E-state index in [1.165, 1.54) is 4.57 Å². The van der Waals surface area contributed by atoms with E-state index in [1.807, 2.05) is 24.3 Å². The van der Waals surface area contributed by atoms with Crippen LogP contribution in [0.1, 0.15) is 43.2 Å². The number of rotatable bonds is 18. The van der Waals surface area contributed by atoms with Crippen molar-refractivity contribution in [3.05, 3.63) is 45.9 Å². The molecule has 226 valence electrons. The predicted molar refractivity (Wildman–Crippen MR) is 154 cm³/mol. The highest BCUT2D eigenvalue weighted by Gasteiger charge is 2.20. The van der Waals surface area contributed by atoms with Crippen LogP contribution in [0.15, 0.2) is 34.1 Å². The Bertz CT molecular complexity index is 1430. The molecule has 42 heavy (non-hydrogen) atoms. The van der Waals surface area contributed by atoms with E-state index in [-0.39, 0.29) is 56.7 Å². The number of nitrogens with one attached hydrogen (secondary N) is 3. The average Bonchev–Trinajstić information content (AvgIpc) is 3.28. The number of aromatic nitrogens is 4. The largest absolute Gasteiger partial charge is 0.480 e. The zero-order valence-electron chi connectivity index (χ0n) is 23.4. The molecule has 2 amide bonds. The van der Waals surface area contributed by atoms with Crippen molar-refractivity contribution < 1.29 is 29.0 Å². The third-order valence-electron chi connectivity index (χ3n) is 6.27. The number of carboxylic acid groups (broad SMARTS) is 1. The van der Waals surface area contributed by atoms with Gasteiger partial charge in [0, 0.05) is 33.0 Å². The number of aliphatic carboxylic acids is 1. The Morgan fingerprint density at radius 1 is 1.12 bits per heavy atom. The van der Waals surface area contributed by atoms with Gasteiger partial charge >= 0.3 is 17.7 Å². The molecule has 0 aliphatic heterocycles. The Kier molecular flexibility index (Phi) is 12.0. The van der Waals surface area contributed by atoms with E-state index in [4.69, 9.17) is 15.2 Å². The number of fused-ring (bicyclic) bond motifs is 1. The predicted octanol–water partition coefficient (Wildman–Crippen LogP) is 0.612. The van der Waals surface area contributed by atoms with Gasteiger partial charge in [0.25, 0.3) is 0 Å². The number of unbranched alkanes of at least 4 members (excludes halogenated alkanes) is 1. The topological polar surface area (TPSA) is 216 Å². The van der Waals surface area contributed by atoms with Crippen molar-refractivity contribution in [2.45, 2.75) is 51.2 Å². The molecule has 15 heteroatoms. The van der Waals surface area contributed by atoms with Crippen LogP contribution in [0.3, 0.4) is 0 Å². The third kappa shape index (κ3) is 9.40. The van der Waals surface area contributed by atoms with Gasteiger partial charge < -0.3 is 40.9 Å². The van der Waals surface area contributed by atoms with Crippen LogP contribution in [-0.2, 0) is 32.2 Å². The summed E-state index contributed by atoms with van der Waals surface area (Å²) in [4.78, 5) is 63.2. The number of ether oxygens (including phenoxy) is 2. The van der Waals surface area contributed by atoms with Crippen molar-refractivity contribution in [2.24, 2.45) is 4.99 Å². The first-order valence-electron chi connectivity index (χ1n) is 13.4. The Labute approximate surface area is 241 Å². The van der Waals surface area contributed by atoms with Gasteiger partial charge in [-0.1, -0.05) is 24.3 Å². The SMILES string of the molecule is C=NCCCCC(NC(=O)CCC(=O)NCc1ccc(Cn2c(=O)[nH]c3c(N)nc(OCCOC)nc32)cc1)C(=O)O. The molecule has 0 radical (unpaired) electrons. The molecule has 1 atom stereocenters. The van der Waals surface area contributed by atoms with E-state index in [9.17, 15) is 24.3 Å². The molecule has 2 heterocycles. The summed E-state index contributed by atoms with van der Waals surface area (Å²) in [5, 5.41) is 14.5. The van der Waals surface area contributed by atoms with Crippen molar-refractivity contribution in [1.82, 2.24) is 30.2 Å². The number of carbonyl (C=O) groups is 3. The molecule has 3 aromatic rings. The second-order valence-corrected chi connectivity index (χ2v) is 9.44. The maximum atomic E-state index is 12.6. The van der Waals surface area contributed by atoms with Crippen LogP contribution in [0.2, 0.25) is 0 Å². The van der Waals surface area contributed by atoms with E-state index in [1.54, 1.807) is 7.11 Å². The summed E-state index contributed by atoms with van der Waals surface area (Å²) >= 11 is 0. The quantitative estimate of drug-likeness (QED) is 0.104.